The number of benzene rings is 3. The molecule has 4 rings (SSSR count). The lowest BCUT2D eigenvalue weighted by Gasteiger charge is -2.31. The van der Waals surface area contributed by atoms with E-state index in [4.69, 9.17) is 27.9 Å². The molecule has 1 aliphatic carbocycles. The van der Waals surface area contributed by atoms with E-state index in [1.165, 1.54) is 11.3 Å². The quantitative estimate of drug-likeness (QED) is 0.302. The molecule has 0 bridgehead atoms. The largest absolute Gasteiger partial charge is 0.483 e. The van der Waals surface area contributed by atoms with E-state index in [0.717, 1.165) is 40.9 Å². The van der Waals surface area contributed by atoms with Crippen molar-refractivity contribution in [1.82, 2.24) is 10.2 Å². The molecule has 3 aromatic carbocycles. The highest BCUT2D eigenvalue weighted by atomic mass is 79.9. The van der Waals surface area contributed by atoms with Gasteiger partial charge in [-0.05, 0) is 64.7 Å². The van der Waals surface area contributed by atoms with Crippen LogP contribution in [0.2, 0.25) is 10.0 Å². The van der Waals surface area contributed by atoms with Crippen LogP contribution in [0.25, 0.3) is 10.8 Å². The van der Waals surface area contributed by atoms with Crippen LogP contribution < -0.4 is 10.1 Å². The van der Waals surface area contributed by atoms with Crippen molar-refractivity contribution in [3.8, 4) is 5.75 Å². The first kappa shape index (κ1) is 26.8. The van der Waals surface area contributed by atoms with Crippen LogP contribution in [0.1, 0.15) is 44.6 Å². The van der Waals surface area contributed by atoms with Crippen molar-refractivity contribution >= 4 is 61.7 Å². The first-order valence-electron chi connectivity index (χ1n) is 12.2. The van der Waals surface area contributed by atoms with E-state index in [0.29, 0.717) is 21.4 Å². The van der Waals surface area contributed by atoms with Gasteiger partial charge in [0, 0.05) is 28.2 Å². The van der Waals surface area contributed by atoms with Crippen molar-refractivity contribution in [2.75, 3.05) is 6.61 Å². The topological polar surface area (TPSA) is 58.6 Å². The minimum atomic E-state index is -0.726. The highest BCUT2D eigenvalue weighted by Gasteiger charge is 2.29. The Hall–Kier alpha value is -2.28. The van der Waals surface area contributed by atoms with E-state index >= 15 is 0 Å². The number of halogens is 3. The maximum atomic E-state index is 13.5. The number of hydrogen-bond donors (Lipinski definition) is 1. The Labute approximate surface area is 230 Å². The summed E-state index contributed by atoms with van der Waals surface area (Å²) in [5.41, 5.74) is 0.596. The molecule has 2 amide bonds. The van der Waals surface area contributed by atoms with Gasteiger partial charge in [0.1, 0.15) is 11.8 Å². The molecular weight excluding hydrogens is 563 g/mol. The Morgan fingerprint density at radius 2 is 1.72 bits per heavy atom. The molecule has 0 saturated heterocycles. The first-order valence-corrected chi connectivity index (χ1v) is 13.7. The molecule has 1 saturated carbocycles. The summed E-state index contributed by atoms with van der Waals surface area (Å²) in [4.78, 5) is 28.1. The van der Waals surface area contributed by atoms with Gasteiger partial charge in [0.2, 0.25) is 5.91 Å². The number of fused-ring (bicyclic) bond motifs is 1. The minimum absolute atomic E-state index is 0.0961. The standard InChI is InChI=1S/C28H29BrCl2N2O3/c1-18(28(35)32-20-9-3-2-4-10-20)33(16-22-23(30)12-7-13-24(22)31)26(34)17-36-25-15-14-19-8-5-6-11-21(19)27(25)29/h5-8,11-15,18,20H,2-4,9-10,16-17H2,1H3,(H,32,35)/t18-/m0/s1. The molecule has 1 atom stereocenters. The average molecular weight is 592 g/mol. The van der Waals surface area contributed by atoms with E-state index in [2.05, 4.69) is 21.2 Å². The predicted octanol–water partition coefficient (Wildman–Crippen LogP) is 7.15. The average Bonchev–Trinajstić information content (AvgIpc) is 2.88. The van der Waals surface area contributed by atoms with Crippen LogP contribution in [-0.2, 0) is 16.1 Å². The van der Waals surface area contributed by atoms with Gasteiger partial charge in [-0.3, -0.25) is 9.59 Å². The van der Waals surface area contributed by atoms with Gasteiger partial charge in [-0.25, -0.2) is 0 Å². The van der Waals surface area contributed by atoms with Crippen LogP contribution in [0.15, 0.2) is 59.1 Å². The summed E-state index contributed by atoms with van der Waals surface area (Å²) in [6, 6.07) is 16.3. The molecule has 3 aromatic rings. The molecule has 8 heteroatoms. The Morgan fingerprint density at radius 1 is 1.03 bits per heavy atom. The van der Waals surface area contributed by atoms with E-state index in [-0.39, 0.29) is 31.0 Å². The fourth-order valence-electron chi connectivity index (χ4n) is 4.55. The highest BCUT2D eigenvalue weighted by Crippen LogP contribution is 2.33. The lowest BCUT2D eigenvalue weighted by atomic mass is 9.95. The van der Waals surface area contributed by atoms with Crippen molar-refractivity contribution in [3.05, 3.63) is 74.7 Å². The number of amides is 2. The summed E-state index contributed by atoms with van der Waals surface area (Å²) in [5.74, 6) is 0.0275. The fourth-order valence-corrected chi connectivity index (χ4v) is 5.68. The van der Waals surface area contributed by atoms with Crippen molar-refractivity contribution < 1.29 is 14.3 Å². The molecule has 1 fully saturated rings. The minimum Gasteiger partial charge on any atom is -0.483 e. The monoisotopic (exact) mass is 590 g/mol. The van der Waals surface area contributed by atoms with Gasteiger partial charge in [0.05, 0.1) is 4.47 Å². The predicted molar refractivity (Wildman–Crippen MR) is 149 cm³/mol. The number of hydrogen-bond acceptors (Lipinski definition) is 3. The normalized spacial score (nSPS) is 14.9. The molecule has 0 spiro atoms. The molecule has 1 N–H and O–H groups in total. The summed E-state index contributed by atoms with van der Waals surface area (Å²) >= 11 is 16.4. The van der Waals surface area contributed by atoms with Crippen LogP contribution in [0, 0.1) is 0 Å². The number of ether oxygens (including phenoxy) is 1. The molecule has 1 aliphatic rings. The van der Waals surface area contributed by atoms with E-state index in [9.17, 15) is 9.59 Å². The van der Waals surface area contributed by atoms with Crippen LogP contribution in [0.3, 0.4) is 0 Å². The van der Waals surface area contributed by atoms with Gasteiger partial charge in [-0.2, -0.15) is 0 Å². The summed E-state index contributed by atoms with van der Waals surface area (Å²) in [7, 11) is 0. The lowest BCUT2D eigenvalue weighted by molar-refractivity contribution is -0.142. The third-order valence-corrected chi connectivity index (χ3v) is 8.21. The second-order valence-corrected chi connectivity index (χ2v) is 10.7. The van der Waals surface area contributed by atoms with Crippen molar-refractivity contribution in [1.29, 1.82) is 0 Å². The van der Waals surface area contributed by atoms with Crippen LogP contribution in [0.4, 0.5) is 0 Å². The maximum Gasteiger partial charge on any atom is 0.261 e. The Kier molecular flexibility index (Phi) is 9.15. The van der Waals surface area contributed by atoms with E-state index in [1.54, 1.807) is 25.1 Å². The molecule has 5 nitrogen and oxygen atoms in total. The van der Waals surface area contributed by atoms with Gasteiger partial charge in [0.25, 0.3) is 5.91 Å². The van der Waals surface area contributed by atoms with Crippen molar-refractivity contribution in [2.45, 2.75) is 57.7 Å². The molecular formula is C28H29BrCl2N2O3. The van der Waals surface area contributed by atoms with Crippen LogP contribution in [0.5, 0.6) is 5.75 Å². The summed E-state index contributed by atoms with van der Waals surface area (Å²) < 4.78 is 6.71. The van der Waals surface area contributed by atoms with Gasteiger partial charge in [-0.1, -0.05) is 78.9 Å². The summed E-state index contributed by atoms with van der Waals surface area (Å²) in [5, 5.41) is 6.06. The van der Waals surface area contributed by atoms with Crippen LogP contribution >= 0.6 is 39.1 Å². The van der Waals surface area contributed by atoms with Gasteiger partial charge >= 0.3 is 0 Å². The molecule has 0 unspecified atom stereocenters. The van der Waals surface area contributed by atoms with Gasteiger partial charge in [-0.15, -0.1) is 0 Å². The number of rotatable bonds is 8. The van der Waals surface area contributed by atoms with Gasteiger partial charge < -0.3 is 15.0 Å². The summed E-state index contributed by atoms with van der Waals surface area (Å²) in [6.07, 6.45) is 5.32. The fraction of sp³-hybridized carbons (Fsp3) is 0.357. The Bertz CT molecular complexity index is 1230. The Morgan fingerprint density at radius 3 is 2.44 bits per heavy atom. The zero-order chi connectivity index (χ0) is 25.7. The van der Waals surface area contributed by atoms with E-state index in [1.807, 2.05) is 36.4 Å². The smallest absolute Gasteiger partial charge is 0.261 e. The third-order valence-electron chi connectivity index (χ3n) is 6.69. The van der Waals surface area contributed by atoms with Crippen molar-refractivity contribution in [2.24, 2.45) is 0 Å². The molecule has 36 heavy (non-hydrogen) atoms. The molecule has 0 aromatic heterocycles. The lowest BCUT2D eigenvalue weighted by Crippen LogP contribution is -2.51. The maximum absolute atomic E-state index is 13.5. The number of carbonyl (C=O) groups is 2. The zero-order valence-electron chi connectivity index (χ0n) is 20.1. The van der Waals surface area contributed by atoms with E-state index < -0.39 is 6.04 Å². The molecule has 0 heterocycles. The number of nitrogens with zero attached hydrogens (tertiary/aromatic N) is 1. The number of carbonyl (C=O) groups excluding carboxylic acids is 2. The second kappa shape index (κ2) is 12.3. The SMILES string of the molecule is C[C@@H](C(=O)NC1CCCCC1)N(Cc1c(Cl)cccc1Cl)C(=O)COc1ccc2ccccc2c1Br. The molecule has 0 aliphatic heterocycles. The van der Waals surface area contributed by atoms with Crippen LogP contribution in [-0.4, -0.2) is 35.4 Å². The van der Waals surface area contributed by atoms with Gasteiger partial charge in [0.15, 0.2) is 6.61 Å². The van der Waals surface area contributed by atoms with Crippen molar-refractivity contribution in [3.63, 3.8) is 0 Å². The highest BCUT2D eigenvalue weighted by molar-refractivity contribution is 9.10. The Balaban J connectivity index is 1.53. The molecule has 190 valence electrons. The summed E-state index contributed by atoms with van der Waals surface area (Å²) in [6.45, 7) is 1.59. The second-order valence-electron chi connectivity index (χ2n) is 9.13. The first-order chi connectivity index (χ1) is 17.3. The molecule has 0 radical (unpaired) electrons. The zero-order valence-corrected chi connectivity index (χ0v) is 23.2. The third kappa shape index (κ3) is 6.34. The number of nitrogens with one attached hydrogen (secondary N) is 1.